The molecule has 1 saturated heterocycles. The molecule has 2 saturated carbocycles. The van der Waals surface area contributed by atoms with Crippen LogP contribution >= 0.6 is 0 Å². The van der Waals surface area contributed by atoms with Crippen LogP contribution in [0, 0.1) is 29.1 Å². The molecule has 5 rings (SSSR count). The lowest BCUT2D eigenvalue weighted by Crippen LogP contribution is -2.82. The molecule has 4 N–H and O–H groups in total. The van der Waals surface area contributed by atoms with Crippen LogP contribution in [-0.4, -0.2) is 55.4 Å². The third-order valence-corrected chi connectivity index (χ3v) is 8.49. The van der Waals surface area contributed by atoms with Gasteiger partial charge in [0.1, 0.15) is 11.2 Å². The molecule has 0 amide bonds. The highest BCUT2D eigenvalue weighted by molar-refractivity contribution is 6.05. The Bertz CT molecular complexity index is 813. The van der Waals surface area contributed by atoms with Crippen LogP contribution in [0.3, 0.4) is 0 Å². The van der Waals surface area contributed by atoms with Gasteiger partial charge >= 0.3 is 0 Å². The molecule has 0 radical (unpaired) electrons. The van der Waals surface area contributed by atoms with E-state index < -0.39 is 39.8 Å². The number of hydrogen-bond donors (Lipinski definition) is 4. The third kappa shape index (κ3) is 1.25. The fraction of sp³-hybridized carbons (Fsp3) is 0.750. The molecule has 6 nitrogen and oxygen atoms in total. The van der Waals surface area contributed by atoms with Gasteiger partial charge in [0, 0.05) is 35.5 Å². The summed E-state index contributed by atoms with van der Waals surface area (Å²) in [5.41, 5.74) is -3.88. The van der Waals surface area contributed by atoms with E-state index >= 15 is 0 Å². The minimum Gasteiger partial charge on any atom is -0.392 e. The van der Waals surface area contributed by atoms with Crippen LogP contribution in [0.15, 0.2) is 23.3 Å². The Morgan fingerprint density at radius 3 is 2.50 bits per heavy atom. The molecule has 4 aliphatic carbocycles. The van der Waals surface area contributed by atoms with Gasteiger partial charge in [0.05, 0.1) is 12.2 Å². The van der Waals surface area contributed by atoms with Crippen LogP contribution in [0.1, 0.15) is 34.1 Å². The van der Waals surface area contributed by atoms with E-state index in [2.05, 4.69) is 0 Å². The number of hydrogen-bond acceptors (Lipinski definition) is 6. The molecule has 1 spiro atoms. The van der Waals surface area contributed by atoms with Crippen LogP contribution in [-0.2, 0) is 9.53 Å². The first-order chi connectivity index (χ1) is 11.9. The largest absolute Gasteiger partial charge is 0.392 e. The summed E-state index contributed by atoms with van der Waals surface area (Å²) in [6.07, 6.45) is 3.67. The Hall–Kier alpha value is -1.05. The van der Waals surface area contributed by atoms with E-state index in [-0.39, 0.29) is 30.6 Å². The average molecular weight is 362 g/mol. The zero-order chi connectivity index (χ0) is 19.1. The van der Waals surface area contributed by atoms with Gasteiger partial charge in [-0.25, -0.2) is 0 Å². The summed E-state index contributed by atoms with van der Waals surface area (Å²) < 4.78 is 6.31. The lowest BCUT2D eigenvalue weighted by molar-refractivity contribution is -0.462. The van der Waals surface area contributed by atoms with Crippen LogP contribution in [0.5, 0.6) is 0 Å². The van der Waals surface area contributed by atoms with E-state index in [0.717, 1.165) is 0 Å². The number of Topliss-reactive ketones (excluding diaryl/α,β-unsaturated/α-hetero) is 1. The van der Waals surface area contributed by atoms with Crippen molar-refractivity contribution in [2.24, 2.45) is 29.1 Å². The highest BCUT2D eigenvalue weighted by Crippen LogP contribution is 2.83. The van der Waals surface area contributed by atoms with Gasteiger partial charge < -0.3 is 25.2 Å². The van der Waals surface area contributed by atoms with Crippen molar-refractivity contribution in [1.29, 1.82) is 0 Å². The van der Waals surface area contributed by atoms with E-state index in [0.29, 0.717) is 11.1 Å². The molecule has 1 aliphatic heterocycles. The Morgan fingerprint density at radius 1 is 1.23 bits per heavy atom. The van der Waals surface area contributed by atoms with Crippen molar-refractivity contribution in [2.75, 3.05) is 6.61 Å². The molecule has 2 bridgehead atoms. The molecule has 0 unspecified atom stereocenters. The summed E-state index contributed by atoms with van der Waals surface area (Å²) in [5.74, 6) is -3.81. The summed E-state index contributed by atoms with van der Waals surface area (Å²) in [6.45, 7) is 6.99. The van der Waals surface area contributed by atoms with Crippen molar-refractivity contribution in [2.45, 2.75) is 56.7 Å². The first-order valence-electron chi connectivity index (χ1n) is 9.34. The summed E-state index contributed by atoms with van der Waals surface area (Å²) in [7, 11) is 0. The highest BCUT2D eigenvalue weighted by Gasteiger charge is 2.95. The van der Waals surface area contributed by atoms with Crippen molar-refractivity contribution in [3.8, 4) is 0 Å². The Balaban J connectivity index is 1.80. The van der Waals surface area contributed by atoms with Gasteiger partial charge in [-0.05, 0) is 18.1 Å². The second-order valence-electron chi connectivity index (χ2n) is 9.61. The Kier molecular flexibility index (Phi) is 2.74. The smallest absolute Gasteiger partial charge is 0.201 e. The molecule has 6 heteroatoms. The molecule has 3 fully saturated rings. The molecule has 26 heavy (non-hydrogen) atoms. The number of fused-ring (bicyclic) bond motifs is 2. The third-order valence-electron chi connectivity index (χ3n) is 8.49. The minimum absolute atomic E-state index is 0.0408. The SMILES string of the molecule is CC1=C[C@H]2[C@]34O[C@@]5(O)C(C)(C)[C@@H]([C@@H]3C=C(CO)C[C@]2(O)C1=O)[C@@]5(O)[C@H]4C. The van der Waals surface area contributed by atoms with Gasteiger partial charge in [-0.1, -0.05) is 32.9 Å². The zero-order valence-corrected chi connectivity index (χ0v) is 15.5. The molecule has 0 aromatic heterocycles. The maximum Gasteiger partial charge on any atom is 0.201 e. The maximum atomic E-state index is 12.8. The molecule has 8 atom stereocenters. The van der Waals surface area contributed by atoms with Crippen molar-refractivity contribution in [3.05, 3.63) is 23.3 Å². The van der Waals surface area contributed by atoms with Crippen LogP contribution < -0.4 is 0 Å². The number of ether oxygens (including phenoxy) is 1. The summed E-state index contributed by atoms with van der Waals surface area (Å²) >= 11 is 0. The van der Waals surface area contributed by atoms with E-state index in [1.807, 2.05) is 26.8 Å². The van der Waals surface area contributed by atoms with E-state index in [1.54, 1.807) is 13.0 Å². The number of ketones is 1. The Morgan fingerprint density at radius 2 is 1.88 bits per heavy atom. The lowest BCUT2D eigenvalue weighted by Gasteiger charge is -2.69. The number of carbonyl (C=O) groups excluding carboxylic acids is 1. The van der Waals surface area contributed by atoms with Crippen molar-refractivity contribution >= 4 is 5.78 Å². The predicted molar refractivity (Wildman–Crippen MR) is 90.6 cm³/mol. The number of aliphatic hydroxyl groups excluding tert-OH is 1. The van der Waals surface area contributed by atoms with Gasteiger partial charge in [-0.3, -0.25) is 4.79 Å². The fourth-order valence-electron chi connectivity index (χ4n) is 7.39. The first-order valence-corrected chi connectivity index (χ1v) is 9.34. The number of carbonyl (C=O) groups is 1. The van der Waals surface area contributed by atoms with Gasteiger partial charge in [0.2, 0.25) is 5.79 Å². The number of rotatable bonds is 1. The van der Waals surface area contributed by atoms with Crippen molar-refractivity contribution in [3.63, 3.8) is 0 Å². The molecule has 1 heterocycles. The zero-order valence-electron chi connectivity index (χ0n) is 15.5. The summed E-state index contributed by atoms with van der Waals surface area (Å²) in [6, 6.07) is 0. The molecule has 0 aromatic carbocycles. The second kappa shape index (κ2) is 4.18. The van der Waals surface area contributed by atoms with E-state index in [1.165, 1.54) is 0 Å². The molecule has 5 aliphatic rings. The summed E-state index contributed by atoms with van der Waals surface area (Å²) in [4.78, 5) is 12.8. The minimum atomic E-state index is -1.72. The van der Waals surface area contributed by atoms with Gasteiger partial charge in [0.25, 0.3) is 0 Å². The monoisotopic (exact) mass is 362 g/mol. The van der Waals surface area contributed by atoms with Gasteiger partial charge in [-0.15, -0.1) is 0 Å². The quantitative estimate of drug-likeness (QED) is 0.500. The van der Waals surface area contributed by atoms with Crippen LogP contribution in [0.25, 0.3) is 0 Å². The van der Waals surface area contributed by atoms with E-state index in [9.17, 15) is 25.2 Å². The normalized spacial score (nSPS) is 58.5. The highest BCUT2D eigenvalue weighted by atomic mass is 16.7. The number of aliphatic hydroxyl groups is 4. The van der Waals surface area contributed by atoms with Crippen LogP contribution in [0.4, 0.5) is 0 Å². The second-order valence-corrected chi connectivity index (χ2v) is 9.61. The standard InChI is InChI=1S/C20H26O6/c1-9-5-13-17(23,15(9)22)7-11(8-21)6-12-14-16(3,4)20(25)19(14,24)10(2)18(12,13)26-20/h5-6,10,12-14,21,23-25H,7-8H2,1-4H3/t10-,12-,13+,14+,17+,18+,19-,20-/m0/s1. The fourth-order valence-corrected chi connectivity index (χ4v) is 7.39. The molecular formula is C20H26O6. The van der Waals surface area contributed by atoms with Gasteiger partial charge in [0.15, 0.2) is 5.78 Å². The van der Waals surface area contributed by atoms with Crippen LogP contribution in [0.2, 0.25) is 0 Å². The average Bonchev–Trinajstić information content (AvgIpc) is 2.92. The molecule has 0 aromatic rings. The molecular weight excluding hydrogens is 336 g/mol. The van der Waals surface area contributed by atoms with Crippen molar-refractivity contribution in [1.82, 2.24) is 0 Å². The Labute approximate surface area is 152 Å². The van der Waals surface area contributed by atoms with Gasteiger partial charge in [-0.2, -0.15) is 0 Å². The van der Waals surface area contributed by atoms with E-state index in [4.69, 9.17) is 4.74 Å². The van der Waals surface area contributed by atoms with Crippen molar-refractivity contribution < 1.29 is 30.0 Å². The topological polar surface area (TPSA) is 107 Å². The summed E-state index contributed by atoms with van der Waals surface area (Å²) in [5, 5.41) is 44.0. The lowest BCUT2D eigenvalue weighted by atomic mass is 9.45. The first kappa shape index (κ1) is 17.1. The molecule has 142 valence electrons. The predicted octanol–water partition coefficient (Wildman–Crippen LogP) is 0.296. The maximum absolute atomic E-state index is 12.8.